The van der Waals surface area contributed by atoms with Crippen molar-refractivity contribution in [2.24, 2.45) is 0 Å². The van der Waals surface area contributed by atoms with Crippen molar-refractivity contribution in [3.63, 3.8) is 0 Å². The van der Waals surface area contributed by atoms with Gasteiger partial charge >= 0.3 is 5.97 Å². The lowest BCUT2D eigenvalue weighted by atomic mass is 9.89. The number of nitrogens with two attached hydrogens (primary N) is 1. The molecular formula is C14H16N4O2. The van der Waals surface area contributed by atoms with Crippen molar-refractivity contribution >= 4 is 11.9 Å². The van der Waals surface area contributed by atoms with Crippen molar-refractivity contribution < 1.29 is 9.53 Å². The van der Waals surface area contributed by atoms with Gasteiger partial charge in [0.15, 0.2) is 0 Å². The maximum absolute atomic E-state index is 11.9. The number of esters is 1. The number of hydrogen-bond acceptors (Lipinski definition) is 5. The van der Waals surface area contributed by atoms with E-state index in [1.54, 1.807) is 0 Å². The summed E-state index contributed by atoms with van der Waals surface area (Å²) >= 11 is 0. The SMILES string of the molecule is Nc1ncn(CC(=O)OC2CCCc3ccccc32)n1. The molecule has 0 fully saturated rings. The first-order chi connectivity index (χ1) is 9.72. The molecule has 1 atom stereocenters. The number of carbonyl (C=O) groups excluding carboxylic acids is 1. The Kier molecular flexibility index (Phi) is 3.37. The molecule has 3 rings (SSSR count). The first-order valence-corrected chi connectivity index (χ1v) is 6.64. The summed E-state index contributed by atoms with van der Waals surface area (Å²) in [5.74, 6) is -0.169. The average Bonchev–Trinajstić information content (AvgIpc) is 2.84. The Bertz CT molecular complexity index is 623. The highest BCUT2D eigenvalue weighted by atomic mass is 16.5. The van der Waals surface area contributed by atoms with Crippen LogP contribution in [0.1, 0.15) is 30.1 Å². The lowest BCUT2D eigenvalue weighted by molar-refractivity contribution is -0.151. The van der Waals surface area contributed by atoms with Gasteiger partial charge in [0.25, 0.3) is 0 Å². The van der Waals surface area contributed by atoms with E-state index < -0.39 is 0 Å². The third-order valence-electron chi connectivity index (χ3n) is 3.43. The number of benzene rings is 1. The molecule has 0 aliphatic heterocycles. The van der Waals surface area contributed by atoms with Crippen LogP contribution in [0.15, 0.2) is 30.6 Å². The van der Waals surface area contributed by atoms with Crippen molar-refractivity contribution in [2.75, 3.05) is 5.73 Å². The minimum absolute atomic E-state index is 0.0306. The summed E-state index contributed by atoms with van der Waals surface area (Å²) < 4.78 is 6.94. The molecule has 6 heteroatoms. The van der Waals surface area contributed by atoms with Crippen LogP contribution in [0.25, 0.3) is 0 Å². The Morgan fingerprint density at radius 1 is 1.45 bits per heavy atom. The number of hydrogen-bond donors (Lipinski definition) is 1. The number of rotatable bonds is 3. The quantitative estimate of drug-likeness (QED) is 0.856. The predicted molar refractivity (Wildman–Crippen MR) is 72.6 cm³/mol. The highest BCUT2D eigenvalue weighted by molar-refractivity contribution is 5.69. The van der Waals surface area contributed by atoms with Crippen LogP contribution in [0, 0.1) is 0 Å². The van der Waals surface area contributed by atoms with E-state index >= 15 is 0 Å². The molecule has 1 aliphatic rings. The van der Waals surface area contributed by atoms with Gasteiger partial charge in [0.2, 0.25) is 5.95 Å². The van der Waals surface area contributed by atoms with E-state index in [4.69, 9.17) is 10.5 Å². The number of anilines is 1. The number of fused-ring (bicyclic) bond motifs is 1. The Morgan fingerprint density at radius 3 is 3.10 bits per heavy atom. The number of aromatic nitrogens is 3. The minimum atomic E-state index is -0.323. The standard InChI is InChI=1S/C14H16N4O2/c15-14-16-9-18(17-14)8-13(19)20-12-7-3-5-10-4-1-2-6-11(10)12/h1-2,4,6,9,12H,3,5,7-8H2,(H2,15,17). The van der Waals surface area contributed by atoms with Gasteiger partial charge in [0.1, 0.15) is 19.0 Å². The van der Waals surface area contributed by atoms with Crippen LogP contribution >= 0.6 is 0 Å². The third kappa shape index (κ3) is 2.64. The van der Waals surface area contributed by atoms with E-state index in [-0.39, 0.29) is 24.6 Å². The molecule has 0 bridgehead atoms. The number of nitrogens with zero attached hydrogens (tertiary/aromatic N) is 3. The Morgan fingerprint density at radius 2 is 2.30 bits per heavy atom. The topological polar surface area (TPSA) is 83.0 Å². The van der Waals surface area contributed by atoms with E-state index in [0.717, 1.165) is 24.8 Å². The predicted octanol–water partition coefficient (Wildman–Crippen LogP) is 1.48. The van der Waals surface area contributed by atoms with Crippen molar-refractivity contribution in [1.82, 2.24) is 14.8 Å². The van der Waals surface area contributed by atoms with Crippen LogP contribution in [0.5, 0.6) is 0 Å². The zero-order chi connectivity index (χ0) is 13.9. The first-order valence-electron chi connectivity index (χ1n) is 6.64. The molecule has 1 aliphatic carbocycles. The zero-order valence-corrected chi connectivity index (χ0v) is 11.0. The van der Waals surface area contributed by atoms with Gasteiger partial charge in [-0.05, 0) is 30.4 Å². The molecule has 0 saturated heterocycles. The van der Waals surface area contributed by atoms with Gasteiger partial charge in [-0.25, -0.2) is 9.67 Å². The van der Waals surface area contributed by atoms with E-state index in [2.05, 4.69) is 16.1 Å². The Hall–Kier alpha value is -2.37. The molecule has 0 spiro atoms. The van der Waals surface area contributed by atoms with Crippen LogP contribution in [-0.4, -0.2) is 20.7 Å². The van der Waals surface area contributed by atoms with Crippen LogP contribution in [0.4, 0.5) is 5.95 Å². The van der Waals surface area contributed by atoms with Crippen LogP contribution in [-0.2, 0) is 22.5 Å². The fourth-order valence-corrected chi connectivity index (χ4v) is 2.55. The summed E-state index contributed by atoms with van der Waals surface area (Å²) in [5, 5.41) is 3.87. The van der Waals surface area contributed by atoms with E-state index in [0.29, 0.717) is 0 Å². The lowest BCUT2D eigenvalue weighted by Crippen LogP contribution is -2.20. The van der Waals surface area contributed by atoms with Crippen molar-refractivity contribution in [3.05, 3.63) is 41.7 Å². The summed E-state index contributed by atoms with van der Waals surface area (Å²) in [7, 11) is 0. The molecule has 1 aromatic heterocycles. The van der Waals surface area contributed by atoms with Gasteiger partial charge in [-0.15, -0.1) is 5.10 Å². The molecule has 0 radical (unpaired) electrons. The molecular weight excluding hydrogens is 256 g/mol. The van der Waals surface area contributed by atoms with Gasteiger partial charge in [-0.3, -0.25) is 4.79 Å². The molecule has 2 N–H and O–H groups in total. The fourth-order valence-electron chi connectivity index (χ4n) is 2.55. The van der Waals surface area contributed by atoms with Crippen LogP contribution in [0.2, 0.25) is 0 Å². The number of nitrogen functional groups attached to an aromatic ring is 1. The molecule has 104 valence electrons. The Balaban J connectivity index is 1.68. The first kappa shape index (κ1) is 12.7. The summed E-state index contributed by atoms with van der Waals surface area (Å²) in [6.07, 6.45) is 4.20. The number of aryl methyl sites for hydroxylation is 1. The van der Waals surface area contributed by atoms with Gasteiger partial charge in [-0.1, -0.05) is 24.3 Å². The van der Waals surface area contributed by atoms with Gasteiger partial charge in [0.05, 0.1) is 0 Å². The maximum Gasteiger partial charge on any atom is 0.328 e. The Labute approximate surface area is 116 Å². The van der Waals surface area contributed by atoms with Crippen molar-refractivity contribution in [1.29, 1.82) is 0 Å². The highest BCUT2D eigenvalue weighted by Crippen LogP contribution is 2.32. The molecule has 0 saturated carbocycles. The van der Waals surface area contributed by atoms with Crippen LogP contribution < -0.4 is 5.73 Å². The molecule has 1 aromatic carbocycles. The van der Waals surface area contributed by atoms with E-state index in [9.17, 15) is 4.79 Å². The molecule has 20 heavy (non-hydrogen) atoms. The normalized spacial score (nSPS) is 17.5. The largest absolute Gasteiger partial charge is 0.456 e. The third-order valence-corrected chi connectivity index (χ3v) is 3.43. The summed E-state index contributed by atoms with van der Waals surface area (Å²) in [6.45, 7) is 0.0306. The fraction of sp³-hybridized carbons (Fsp3) is 0.357. The second kappa shape index (κ2) is 5.32. The van der Waals surface area contributed by atoms with Crippen LogP contribution in [0.3, 0.4) is 0 Å². The second-order valence-corrected chi connectivity index (χ2v) is 4.87. The maximum atomic E-state index is 11.9. The minimum Gasteiger partial charge on any atom is -0.456 e. The van der Waals surface area contributed by atoms with E-state index in [1.165, 1.54) is 16.6 Å². The summed E-state index contributed by atoms with van der Waals surface area (Å²) in [5.41, 5.74) is 7.79. The smallest absolute Gasteiger partial charge is 0.328 e. The second-order valence-electron chi connectivity index (χ2n) is 4.87. The lowest BCUT2D eigenvalue weighted by Gasteiger charge is -2.25. The zero-order valence-electron chi connectivity index (χ0n) is 11.0. The summed E-state index contributed by atoms with van der Waals surface area (Å²) in [6, 6.07) is 8.11. The molecule has 0 amide bonds. The monoisotopic (exact) mass is 272 g/mol. The molecule has 2 aromatic rings. The van der Waals surface area contributed by atoms with E-state index in [1.807, 2.05) is 18.2 Å². The molecule has 6 nitrogen and oxygen atoms in total. The average molecular weight is 272 g/mol. The molecule has 1 heterocycles. The van der Waals surface area contributed by atoms with Gasteiger partial charge < -0.3 is 10.5 Å². The number of carbonyl (C=O) groups is 1. The van der Waals surface area contributed by atoms with Gasteiger partial charge in [-0.2, -0.15) is 0 Å². The van der Waals surface area contributed by atoms with Crippen molar-refractivity contribution in [2.45, 2.75) is 31.9 Å². The summed E-state index contributed by atoms with van der Waals surface area (Å²) in [4.78, 5) is 15.7. The highest BCUT2D eigenvalue weighted by Gasteiger charge is 2.23. The van der Waals surface area contributed by atoms with Gasteiger partial charge in [0, 0.05) is 0 Å². The number of ether oxygens (including phenoxy) is 1. The molecule has 1 unspecified atom stereocenters. The van der Waals surface area contributed by atoms with Crippen molar-refractivity contribution in [3.8, 4) is 0 Å².